The summed E-state index contributed by atoms with van der Waals surface area (Å²) in [4.78, 5) is 15.6. The Kier molecular flexibility index (Phi) is 5.58. The van der Waals surface area contributed by atoms with E-state index in [0.29, 0.717) is 12.6 Å². The maximum atomic E-state index is 5.84. The Morgan fingerprint density at radius 2 is 2.07 bits per heavy atom. The summed E-state index contributed by atoms with van der Waals surface area (Å²) in [5, 5.41) is 3.30. The van der Waals surface area contributed by atoms with Crippen LogP contribution >= 0.6 is 0 Å². The first-order chi connectivity index (χ1) is 13.8. The normalized spacial score (nSPS) is 15.0. The van der Waals surface area contributed by atoms with Crippen LogP contribution in [0.4, 0.5) is 11.6 Å². The average Bonchev–Trinajstić information content (AvgIpc) is 2.71. The molecule has 0 aliphatic carbocycles. The van der Waals surface area contributed by atoms with Crippen molar-refractivity contribution in [3.8, 4) is 17.0 Å². The number of ether oxygens (including phenoxy) is 1. The smallest absolute Gasteiger partial charge is 0.227 e. The standard InChI is InChI=1S/C22H23N5O/c1-27-10-3-2-4-11-28-20-13-18(14-23-15-20)21-8-9-24-22(26-21)25-19-7-5-6-17(12-19)16-27/h2-3,5-9,12-15H,4,10-11,16H2,1H3,(H,24,25,26). The maximum absolute atomic E-state index is 5.84. The first-order valence-electron chi connectivity index (χ1n) is 9.37. The zero-order chi connectivity index (χ0) is 19.2. The Labute approximate surface area is 164 Å². The fourth-order valence-corrected chi connectivity index (χ4v) is 3.09. The van der Waals surface area contributed by atoms with E-state index in [2.05, 4.69) is 56.5 Å². The summed E-state index contributed by atoms with van der Waals surface area (Å²) in [6, 6.07) is 12.2. The van der Waals surface area contributed by atoms with Gasteiger partial charge in [-0.25, -0.2) is 9.97 Å². The lowest BCUT2D eigenvalue weighted by Crippen LogP contribution is -2.17. The van der Waals surface area contributed by atoms with Gasteiger partial charge in [-0.2, -0.15) is 0 Å². The first kappa shape index (κ1) is 18.1. The van der Waals surface area contributed by atoms with Gasteiger partial charge in [-0.05, 0) is 43.3 Å². The van der Waals surface area contributed by atoms with Crippen LogP contribution in [0.25, 0.3) is 11.3 Å². The summed E-state index contributed by atoms with van der Waals surface area (Å²) in [7, 11) is 2.11. The number of hydrogen-bond donors (Lipinski definition) is 1. The summed E-state index contributed by atoms with van der Waals surface area (Å²) < 4.78 is 5.84. The third-order valence-electron chi connectivity index (χ3n) is 4.44. The van der Waals surface area contributed by atoms with E-state index in [9.17, 15) is 0 Å². The molecule has 1 N–H and O–H groups in total. The summed E-state index contributed by atoms with van der Waals surface area (Å²) in [6.45, 7) is 2.37. The molecule has 0 saturated carbocycles. The number of fused-ring (bicyclic) bond motifs is 7. The number of likely N-dealkylation sites (N-methyl/N-ethyl adjacent to an activating group) is 1. The molecule has 3 aromatic rings. The minimum Gasteiger partial charge on any atom is -0.492 e. The minimum absolute atomic E-state index is 0.554. The molecule has 1 aromatic carbocycles. The highest BCUT2D eigenvalue weighted by Crippen LogP contribution is 2.23. The van der Waals surface area contributed by atoms with E-state index in [-0.39, 0.29) is 0 Å². The van der Waals surface area contributed by atoms with Crippen molar-refractivity contribution in [3.63, 3.8) is 0 Å². The van der Waals surface area contributed by atoms with Crippen molar-refractivity contribution in [2.24, 2.45) is 0 Å². The third kappa shape index (κ3) is 4.72. The van der Waals surface area contributed by atoms with Crippen LogP contribution in [0, 0.1) is 0 Å². The highest BCUT2D eigenvalue weighted by Gasteiger charge is 2.07. The topological polar surface area (TPSA) is 63.2 Å². The molecule has 1 aliphatic rings. The zero-order valence-corrected chi connectivity index (χ0v) is 15.9. The van der Waals surface area contributed by atoms with Gasteiger partial charge in [-0.15, -0.1) is 0 Å². The highest BCUT2D eigenvalue weighted by molar-refractivity contribution is 5.62. The van der Waals surface area contributed by atoms with E-state index in [1.165, 1.54) is 5.56 Å². The molecule has 2 aromatic heterocycles. The Hall–Kier alpha value is -3.25. The van der Waals surface area contributed by atoms with E-state index in [1.807, 2.05) is 24.3 Å². The van der Waals surface area contributed by atoms with Gasteiger partial charge in [0.1, 0.15) is 5.75 Å². The molecule has 0 fully saturated rings. The van der Waals surface area contributed by atoms with Gasteiger partial charge in [0.05, 0.1) is 18.5 Å². The van der Waals surface area contributed by atoms with Crippen molar-refractivity contribution in [3.05, 3.63) is 72.7 Å². The molecule has 0 radical (unpaired) electrons. The van der Waals surface area contributed by atoms with Crippen molar-refractivity contribution < 1.29 is 4.74 Å². The molecule has 0 saturated heterocycles. The monoisotopic (exact) mass is 373 g/mol. The Morgan fingerprint density at radius 1 is 1.11 bits per heavy atom. The van der Waals surface area contributed by atoms with E-state index in [4.69, 9.17) is 4.74 Å². The third-order valence-corrected chi connectivity index (χ3v) is 4.44. The number of aromatic nitrogens is 3. The van der Waals surface area contributed by atoms with E-state index in [1.54, 1.807) is 18.6 Å². The average molecular weight is 373 g/mol. The van der Waals surface area contributed by atoms with Crippen LogP contribution in [0.2, 0.25) is 0 Å². The predicted molar refractivity (Wildman–Crippen MR) is 111 cm³/mol. The second-order valence-electron chi connectivity index (χ2n) is 6.81. The molecule has 0 unspecified atom stereocenters. The lowest BCUT2D eigenvalue weighted by atomic mass is 10.2. The molecule has 6 heteroatoms. The van der Waals surface area contributed by atoms with Gasteiger partial charge in [0.2, 0.25) is 5.95 Å². The molecule has 142 valence electrons. The minimum atomic E-state index is 0.554. The number of nitrogens with one attached hydrogen (secondary N) is 1. The molecule has 4 rings (SSSR count). The van der Waals surface area contributed by atoms with Crippen molar-refractivity contribution in [2.75, 3.05) is 25.5 Å². The number of hydrogen-bond acceptors (Lipinski definition) is 6. The molecular formula is C22H23N5O. The number of benzene rings is 1. The Balaban J connectivity index is 1.67. The predicted octanol–water partition coefficient (Wildman–Crippen LogP) is 4.05. The van der Waals surface area contributed by atoms with Crippen LogP contribution in [-0.4, -0.2) is 40.1 Å². The molecule has 28 heavy (non-hydrogen) atoms. The van der Waals surface area contributed by atoms with Crippen molar-refractivity contribution in [2.45, 2.75) is 13.0 Å². The molecule has 6 nitrogen and oxygen atoms in total. The van der Waals surface area contributed by atoms with Crippen LogP contribution in [-0.2, 0) is 6.54 Å². The summed E-state index contributed by atoms with van der Waals surface area (Å²) >= 11 is 0. The van der Waals surface area contributed by atoms with E-state index >= 15 is 0 Å². The van der Waals surface area contributed by atoms with Gasteiger partial charge in [0, 0.05) is 36.7 Å². The van der Waals surface area contributed by atoms with Gasteiger partial charge in [0.25, 0.3) is 0 Å². The highest BCUT2D eigenvalue weighted by atomic mass is 16.5. The second-order valence-corrected chi connectivity index (χ2v) is 6.81. The molecule has 6 bridgehead atoms. The number of nitrogens with zero attached hydrogens (tertiary/aromatic N) is 4. The van der Waals surface area contributed by atoms with Crippen molar-refractivity contribution in [1.82, 2.24) is 19.9 Å². The largest absolute Gasteiger partial charge is 0.492 e. The summed E-state index contributed by atoms with van der Waals surface area (Å²) in [5.41, 5.74) is 3.90. The second kappa shape index (κ2) is 8.63. The van der Waals surface area contributed by atoms with E-state index in [0.717, 1.165) is 42.2 Å². The van der Waals surface area contributed by atoms with Gasteiger partial charge >= 0.3 is 0 Å². The van der Waals surface area contributed by atoms with Crippen LogP contribution < -0.4 is 10.1 Å². The lowest BCUT2D eigenvalue weighted by Gasteiger charge is -2.15. The van der Waals surface area contributed by atoms with Crippen LogP contribution in [0.5, 0.6) is 5.75 Å². The number of pyridine rings is 1. The fourth-order valence-electron chi connectivity index (χ4n) is 3.09. The SMILES string of the molecule is CN1CC=CCCOc2cncc(c2)-c2ccnc(n2)Nc2cccc(c2)C1. The fraction of sp³-hybridized carbons (Fsp3) is 0.227. The summed E-state index contributed by atoms with van der Waals surface area (Å²) in [5.74, 6) is 1.29. The van der Waals surface area contributed by atoms with Crippen molar-refractivity contribution in [1.29, 1.82) is 0 Å². The van der Waals surface area contributed by atoms with Gasteiger partial charge in [-0.3, -0.25) is 9.88 Å². The van der Waals surface area contributed by atoms with Crippen LogP contribution in [0.15, 0.2) is 67.1 Å². The summed E-state index contributed by atoms with van der Waals surface area (Å²) in [6.07, 6.45) is 10.5. The molecular weight excluding hydrogens is 350 g/mol. The molecule has 3 heterocycles. The molecule has 0 spiro atoms. The number of rotatable bonds is 0. The molecule has 1 aliphatic heterocycles. The van der Waals surface area contributed by atoms with E-state index < -0.39 is 0 Å². The van der Waals surface area contributed by atoms with Crippen molar-refractivity contribution >= 4 is 11.6 Å². The van der Waals surface area contributed by atoms with Gasteiger partial charge in [0.15, 0.2) is 0 Å². The number of anilines is 2. The van der Waals surface area contributed by atoms with Gasteiger partial charge in [-0.1, -0.05) is 24.3 Å². The molecule has 0 amide bonds. The van der Waals surface area contributed by atoms with Crippen LogP contribution in [0.3, 0.4) is 0 Å². The van der Waals surface area contributed by atoms with Gasteiger partial charge < -0.3 is 10.1 Å². The van der Waals surface area contributed by atoms with Crippen LogP contribution in [0.1, 0.15) is 12.0 Å². The first-order valence-corrected chi connectivity index (χ1v) is 9.37. The quantitative estimate of drug-likeness (QED) is 0.600. The lowest BCUT2D eigenvalue weighted by molar-refractivity contribution is 0.323. The Bertz CT molecular complexity index is 972. The molecule has 0 atom stereocenters. The maximum Gasteiger partial charge on any atom is 0.227 e. The Morgan fingerprint density at radius 3 is 3.04 bits per heavy atom. The zero-order valence-electron chi connectivity index (χ0n) is 15.9.